The molecule has 0 aliphatic rings. The van der Waals surface area contributed by atoms with E-state index in [0.717, 1.165) is 16.0 Å². The molecule has 4 rings (SSSR count). The van der Waals surface area contributed by atoms with Gasteiger partial charge in [0.15, 0.2) is 0 Å². The van der Waals surface area contributed by atoms with Gasteiger partial charge in [-0.2, -0.15) is 0 Å². The average Bonchev–Trinajstić information content (AvgIpc) is 2.80. The predicted molar refractivity (Wildman–Crippen MR) is 125 cm³/mol. The van der Waals surface area contributed by atoms with Crippen LogP contribution in [0.1, 0.15) is 11.1 Å². The highest BCUT2D eigenvalue weighted by molar-refractivity contribution is 8.17. The van der Waals surface area contributed by atoms with Crippen molar-refractivity contribution in [2.45, 2.75) is 13.9 Å². The van der Waals surface area contributed by atoms with Crippen molar-refractivity contribution in [2.75, 3.05) is 0 Å². The Morgan fingerprint density at radius 2 is 1.07 bits per heavy atom. The van der Waals surface area contributed by atoms with E-state index in [0.29, 0.717) is 4.90 Å². The number of nitrogens with zero attached hydrogens (tertiary/aromatic N) is 1. The highest BCUT2D eigenvalue weighted by Gasteiger charge is 2.38. The SMILES string of the molecule is O=[N+]([O-])c1ccccc1SC(Sc1ccccc1)(c1ccccc1)c1ccccc1. The minimum atomic E-state index is -0.601. The Labute approximate surface area is 184 Å². The molecule has 0 radical (unpaired) electrons. The van der Waals surface area contributed by atoms with Gasteiger partial charge in [0.25, 0.3) is 5.69 Å². The lowest BCUT2D eigenvalue weighted by atomic mass is 10.0. The molecule has 0 atom stereocenters. The summed E-state index contributed by atoms with van der Waals surface area (Å²) >= 11 is 3.21. The van der Waals surface area contributed by atoms with E-state index in [1.807, 2.05) is 66.7 Å². The van der Waals surface area contributed by atoms with Crippen molar-refractivity contribution in [1.29, 1.82) is 0 Å². The highest BCUT2D eigenvalue weighted by Crippen LogP contribution is 2.58. The van der Waals surface area contributed by atoms with Crippen molar-refractivity contribution in [3.05, 3.63) is 137 Å². The molecule has 0 aromatic heterocycles. The molecule has 4 aromatic rings. The summed E-state index contributed by atoms with van der Waals surface area (Å²) in [7, 11) is 0. The van der Waals surface area contributed by atoms with Gasteiger partial charge in [0, 0.05) is 11.0 Å². The van der Waals surface area contributed by atoms with Crippen molar-refractivity contribution in [1.82, 2.24) is 0 Å². The number of nitro benzene ring substituents is 1. The lowest BCUT2D eigenvalue weighted by Gasteiger charge is -2.34. The molecule has 30 heavy (non-hydrogen) atoms. The molecule has 148 valence electrons. The van der Waals surface area contributed by atoms with E-state index in [1.54, 1.807) is 23.9 Å². The molecule has 0 aliphatic carbocycles. The maximum Gasteiger partial charge on any atom is 0.282 e. The molecule has 0 saturated heterocycles. The van der Waals surface area contributed by atoms with Crippen molar-refractivity contribution < 1.29 is 4.92 Å². The fourth-order valence-electron chi connectivity index (χ4n) is 3.24. The standard InChI is InChI=1S/C25H19NO2S2/c27-26(28)23-18-10-11-19-24(23)30-25(20-12-4-1-5-13-20,21-14-6-2-7-15-21)29-22-16-8-3-9-17-22/h1-19H. The van der Waals surface area contributed by atoms with Gasteiger partial charge >= 0.3 is 0 Å². The molecule has 0 fully saturated rings. The van der Waals surface area contributed by atoms with E-state index in [9.17, 15) is 10.1 Å². The van der Waals surface area contributed by atoms with Gasteiger partial charge in [-0.25, -0.2) is 0 Å². The first kappa shape index (κ1) is 20.3. The second-order valence-electron chi connectivity index (χ2n) is 6.59. The summed E-state index contributed by atoms with van der Waals surface area (Å²) in [5, 5.41) is 11.7. The van der Waals surface area contributed by atoms with Crippen molar-refractivity contribution in [3.8, 4) is 0 Å². The van der Waals surface area contributed by atoms with Gasteiger partial charge < -0.3 is 0 Å². The maximum absolute atomic E-state index is 11.7. The van der Waals surface area contributed by atoms with E-state index in [4.69, 9.17) is 0 Å². The number of nitro groups is 1. The van der Waals surface area contributed by atoms with Crippen LogP contribution in [0.15, 0.2) is 125 Å². The molecule has 0 unspecified atom stereocenters. The highest BCUT2D eigenvalue weighted by atomic mass is 32.2. The number of hydrogen-bond donors (Lipinski definition) is 0. The molecule has 0 bridgehead atoms. The third-order valence-corrected chi connectivity index (χ3v) is 7.72. The largest absolute Gasteiger partial charge is 0.282 e. The van der Waals surface area contributed by atoms with E-state index in [2.05, 4.69) is 36.4 Å². The topological polar surface area (TPSA) is 43.1 Å². The molecule has 4 aromatic carbocycles. The quantitative estimate of drug-likeness (QED) is 0.133. The minimum absolute atomic E-state index is 0.118. The smallest absolute Gasteiger partial charge is 0.258 e. The molecular formula is C25H19NO2S2. The van der Waals surface area contributed by atoms with Crippen LogP contribution in [0, 0.1) is 10.1 Å². The summed E-state index contributed by atoms with van der Waals surface area (Å²) < 4.78 is -0.601. The molecule has 0 N–H and O–H groups in total. The van der Waals surface area contributed by atoms with Gasteiger partial charge in [-0.3, -0.25) is 10.1 Å². The van der Waals surface area contributed by atoms with Crippen LogP contribution in [0.2, 0.25) is 0 Å². The lowest BCUT2D eigenvalue weighted by Crippen LogP contribution is -2.19. The number of para-hydroxylation sites is 1. The van der Waals surface area contributed by atoms with Gasteiger partial charge in [-0.15, -0.1) is 0 Å². The van der Waals surface area contributed by atoms with E-state index in [-0.39, 0.29) is 10.6 Å². The summed E-state index contributed by atoms with van der Waals surface area (Å²) in [6.07, 6.45) is 0. The number of benzene rings is 4. The van der Waals surface area contributed by atoms with Crippen LogP contribution in [0.5, 0.6) is 0 Å². The van der Waals surface area contributed by atoms with Crippen molar-refractivity contribution >= 4 is 29.2 Å². The fraction of sp³-hybridized carbons (Fsp3) is 0.0400. The minimum Gasteiger partial charge on any atom is -0.258 e. The van der Waals surface area contributed by atoms with Crippen LogP contribution >= 0.6 is 23.5 Å². The van der Waals surface area contributed by atoms with Crippen molar-refractivity contribution in [2.24, 2.45) is 0 Å². The first-order valence-electron chi connectivity index (χ1n) is 9.46. The fourth-order valence-corrected chi connectivity index (χ4v) is 6.31. The molecule has 0 spiro atoms. The van der Waals surface area contributed by atoms with Gasteiger partial charge in [-0.1, -0.05) is 115 Å². The zero-order valence-corrected chi connectivity index (χ0v) is 17.7. The number of thioether (sulfide) groups is 2. The first-order chi connectivity index (χ1) is 14.7. The Balaban J connectivity index is 1.94. The van der Waals surface area contributed by atoms with Gasteiger partial charge in [0.2, 0.25) is 0 Å². The van der Waals surface area contributed by atoms with Crippen LogP contribution in [0.25, 0.3) is 0 Å². The van der Waals surface area contributed by atoms with Crippen LogP contribution in [-0.2, 0) is 4.08 Å². The van der Waals surface area contributed by atoms with Crippen molar-refractivity contribution in [3.63, 3.8) is 0 Å². The summed E-state index contributed by atoms with van der Waals surface area (Å²) in [5.41, 5.74) is 2.27. The molecule has 0 aliphatic heterocycles. The zero-order chi connectivity index (χ0) is 20.8. The Kier molecular flexibility index (Phi) is 6.21. The Hall–Kier alpha value is -3.02. The second-order valence-corrected chi connectivity index (χ2v) is 9.39. The molecular weight excluding hydrogens is 410 g/mol. The summed E-state index contributed by atoms with van der Waals surface area (Å²) in [5.74, 6) is 0. The van der Waals surface area contributed by atoms with Crippen LogP contribution in [-0.4, -0.2) is 4.92 Å². The van der Waals surface area contributed by atoms with Crippen LogP contribution in [0.4, 0.5) is 5.69 Å². The predicted octanol–water partition coefficient (Wildman–Crippen LogP) is 7.38. The van der Waals surface area contributed by atoms with Gasteiger partial charge in [-0.05, 0) is 29.3 Å². The van der Waals surface area contributed by atoms with E-state index < -0.39 is 4.08 Å². The Morgan fingerprint density at radius 1 is 0.600 bits per heavy atom. The molecule has 0 amide bonds. The zero-order valence-electron chi connectivity index (χ0n) is 16.0. The molecule has 5 heteroatoms. The normalized spacial score (nSPS) is 11.2. The van der Waals surface area contributed by atoms with Gasteiger partial charge in [0.1, 0.15) is 4.08 Å². The monoisotopic (exact) mass is 429 g/mol. The molecule has 0 heterocycles. The Bertz CT molecular complexity index is 1080. The molecule has 3 nitrogen and oxygen atoms in total. The third-order valence-electron chi connectivity index (χ3n) is 4.63. The maximum atomic E-state index is 11.7. The first-order valence-corrected chi connectivity index (χ1v) is 11.1. The third kappa shape index (κ3) is 4.27. The lowest BCUT2D eigenvalue weighted by molar-refractivity contribution is -0.387. The summed E-state index contributed by atoms with van der Waals surface area (Å²) in [6.45, 7) is 0. The number of rotatable bonds is 7. The summed E-state index contributed by atoms with van der Waals surface area (Å²) in [6, 6.07) is 37.5. The van der Waals surface area contributed by atoms with E-state index >= 15 is 0 Å². The van der Waals surface area contributed by atoms with Crippen LogP contribution in [0.3, 0.4) is 0 Å². The number of hydrogen-bond acceptors (Lipinski definition) is 4. The molecule has 0 saturated carbocycles. The van der Waals surface area contributed by atoms with Gasteiger partial charge in [0.05, 0.1) is 9.82 Å². The Morgan fingerprint density at radius 3 is 1.60 bits per heavy atom. The van der Waals surface area contributed by atoms with E-state index in [1.165, 1.54) is 11.8 Å². The average molecular weight is 430 g/mol. The summed E-state index contributed by atoms with van der Waals surface area (Å²) in [4.78, 5) is 13.1. The van der Waals surface area contributed by atoms with Crippen LogP contribution < -0.4 is 0 Å². The second kappa shape index (κ2) is 9.20.